The van der Waals surface area contributed by atoms with Crippen molar-refractivity contribution >= 4 is 27.3 Å². The molecule has 1 aromatic carbocycles. The number of carbonyl (C=O) groups excluding carboxylic acids is 1. The van der Waals surface area contributed by atoms with Crippen LogP contribution in [0.2, 0.25) is 0 Å². The number of carbonyl (C=O) groups is 1. The molecule has 1 aliphatic heterocycles. The second kappa shape index (κ2) is 7.00. The largest absolute Gasteiger partial charge is 0.348 e. The number of piperidine rings is 1. The molecule has 2 heterocycles. The SMILES string of the molecule is Cc1nc(C(=O)NC2CCN(S(=O)(=O)c3ccccc3)CC2)cs1. The van der Waals surface area contributed by atoms with Gasteiger partial charge in [0.15, 0.2) is 0 Å². The normalized spacial score (nSPS) is 16.9. The van der Waals surface area contributed by atoms with Gasteiger partial charge in [-0.15, -0.1) is 11.3 Å². The van der Waals surface area contributed by atoms with E-state index in [0.29, 0.717) is 36.5 Å². The van der Waals surface area contributed by atoms with Gasteiger partial charge in [0.05, 0.1) is 9.90 Å². The third kappa shape index (κ3) is 3.66. The van der Waals surface area contributed by atoms with Gasteiger partial charge in [-0.1, -0.05) is 18.2 Å². The minimum atomic E-state index is -3.45. The molecule has 1 saturated heterocycles. The topological polar surface area (TPSA) is 79.4 Å². The van der Waals surface area contributed by atoms with E-state index in [9.17, 15) is 13.2 Å². The van der Waals surface area contributed by atoms with Gasteiger partial charge < -0.3 is 5.32 Å². The first-order valence-corrected chi connectivity index (χ1v) is 10.1. The predicted octanol–water partition coefficient (Wildman–Crippen LogP) is 2.03. The molecule has 0 radical (unpaired) electrons. The Balaban J connectivity index is 1.59. The van der Waals surface area contributed by atoms with Crippen LogP contribution in [0.1, 0.15) is 28.3 Å². The lowest BCUT2D eigenvalue weighted by atomic mass is 10.1. The van der Waals surface area contributed by atoms with Crippen molar-refractivity contribution in [1.82, 2.24) is 14.6 Å². The van der Waals surface area contributed by atoms with Crippen molar-refractivity contribution < 1.29 is 13.2 Å². The first kappa shape index (κ1) is 17.1. The summed E-state index contributed by atoms with van der Waals surface area (Å²) in [6, 6.07) is 8.41. The molecule has 24 heavy (non-hydrogen) atoms. The molecule has 0 atom stereocenters. The molecule has 1 N–H and O–H groups in total. The zero-order valence-electron chi connectivity index (χ0n) is 13.3. The molecule has 0 unspecified atom stereocenters. The van der Waals surface area contributed by atoms with E-state index in [-0.39, 0.29) is 11.9 Å². The Kier molecular flexibility index (Phi) is 4.98. The van der Waals surface area contributed by atoms with E-state index >= 15 is 0 Å². The molecule has 1 fully saturated rings. The second-order valence-electron chi connectivity index (χ2n) is 5.72. The first-order valence-electron chi connectivity index (χ1n) is 7.75. The van der Waals surface area contributed by atoms with Gasteiger partial charge >= 0.3 is 0 Å². The zero-order chi connectivity index (χ0) is 17.2. The Morgan fingerprint density at radius 3 is 2.50 bits per heavy atom. The molecule has 6 nitrogen and oxygen atoms in total. The van der Waals surface area contributed by atoms with Gasteiger partial charge in [-0.2, -0.15) is 4.31 Å². The van der Waals surface area contributed by atoms with Crippen LogP contribution in [0.5, 0.6) is 0 Å². The molecule has 0 aliphatic carbocycles. The quantitative estimate of drug-likeness (QED) is 0.899. The van der Waals surface area contributed by atoms with Gasteiger partial charge in [-0.05, 0) is 31.9 Å². The third-order valence-electron chi connectivity index (χ3n) is 4.02. The van der Waals surface area contributed by atoms with E-state index in [1.807, 2.05) is 6.92 Å². The summed E-state index contributed by atoms with van der Waals surface area (Å²) < 4.78 is 26.6. The molecule has 1 aromatic heterocycles. The number of amides is 1. The lowest BCUT2D eigenvalue weighted by molar-refractivity contribution is 0.0919. The number of nitrogens with one attached hydrogen (secondary N) is 1. The summed E-state index contributed by atoms with van der Waals surface area (Å²) in [5.74, 6) is -0.191. The molecule has 1 aliphatic rings. The van der Waals surface area contributed by atoms with Crippen LogP contribution in [0.4, 0.5) is 0 Å². The molecular weight excluding hydrogens is 346 g/mol. The standard InChI is InChI=1S/C16H19N3O3S2/c1-12-17-15(11-23-12)16(20)18-13-7-9-19(10-8-13)24(21,22)14-5-3-2-4-6-14/h2-6,11,13H,7-10H2,1H3,(H,18,20). The Morgan fingerprint density at radius 2 is 1.92 bits per heavy atom. The van der Waals surface area contributed by atoms with Crippen LogP contribution in [0, 0.1) is 6.92 Å². The minimum absolute atomic E-state index is 0.0262. The fraction of sp³-hybridized carbons (Fsp3) is 0.375. The van der Waals surface area contributed by atoms with Gasteiger partial charge in [-0.3, -0.25) is 4.79 Å². The molecule has 0 bridgehead atoms. The predicted molar refractivity (Wildman–Crippen MR) is 92.5 cm³/mol. The first-order chi connectivity index (χ1) is 11.5. The van der Waals surface area contributed by atoms with Crippen molar-refractivity contribution in [3.8, 4) is 0 Å². The average Bonchev–Trinajstić information content (AvgIpc) is 3.03. The van der Waals surface area contributed by atoms with Gasteiger partial charge in [0, 0.05) is 24.5 Å². The zero-order valence-corrected chi connectivity index (χ0v) is 14.9. The maximum atomic E-state index is 12.6. The van der Waals surface area contributed by atoms with Crippen LogP contribution in [0.15, 0.2) is 40.6 Å². The highest BCUT2D eigenvalue weighted by atomic mass is 32.2. The maximum absolute atomic E-state index is 12.6. The van der Waals surface area contributed by atoms with E-state index in [2.05, 4.69) is 10.3 Å². The highest BCUT2D eigenvalue weighted by Crippen LogP contribution is 2.20. The molecule has 8 heteroatoms. The Hall–Kier alpha value is -1.77. The van der Waals surface area contributed by atoms with Crippen molar-refractivity contribution in [3.63, 3.8) is 0 Å². The van der Waals surface area contributed by atoms with Gasteiger partial charge in [0.2, 0.25) is 10.0 Å². The fourth-order valence-corrected chi connectivity index (χ4v) is 4.79. The molecule has 1 amide bonds. The number of sulfonamides is 1. The summed E-state index contributed by atoms with van der Waals surface area (Å²) in [4.78, 5) is 16.6. The van der Waals surface area contributed by atoms with E-state index in [4.69, 9.17) is 0 Å². The van der Waals surface area contributed by atoms with Gasteiger partial charge in [-0.25, -0.2) is 13.4 Å². The average molecular weight is 365 g/mol. The number of nitrogens with zero attached hydrogens (tertiary/aromatic N) is 2. The van der Waals surface area contributed by atoms with Crippen molar-refractivity contribution in [2.75, 3.05) is 13.1 Å². The minimum Gasteiger partial charge on any atom is -0.348 e. The number of benzene rings is 1. The number of aryl methyl sites for hydroxylation is 1. The van der Waals surface area contributed by atoms with E-state index in [0.717, 1.165) is 5.01 Å². The number of thiazole rings is 1. The second-order valence-corrected chi connectivity index (χ2v) is 8.72. The highest BCUT2D eigenvalue weighted by Gasteiger charge is 2.30. The van der Waals surface area contributed by atoms with E-state index < -0.39 is 10.0 Å². The Bertz CT molecular complexity index is 810. The van der Waals surface area contributed by atoms with Crippen molar-refractivity contribution in [2.45, 2.75) is 30.7 Å². The van der Waals surface area contributed by atoms with Crippen LogP contribution in [-0.4, -0.2) is 42.7 Å². The smallest absolute Gasteiger partial charge is 0.270 e. The van der Waals surface area contributed by atoms with Crippen LogP contribution in [0.25, 0.3) is 0 Å². The molecule has 128 valence electrons. The fourth-order valence-electron chi connectivity index (χ4n) is 2.71. The lowest BCUT2D eigenvalue weighted by Crippen LogP contribution is -2.46. The highest BCUT2D eigenvalue weighted by molar-refractivity contribution is 7.89. The number of aromatic nitrogens is 1. The summed E-state index contributed by atoms with van der Waals surface area (Å²) in [5, 5.41) is 5.53. The summed E-state index contributed by atoms with van der Waals surface area (Å²) >= 11 is 1.44. The Labute approximate surface area is 145 Å². The van der Waals surface area contributed by atoms with Crippen molar-refractivity contribution in [1.29, 1.82) is 0 Å². The Morgan fingerprint density at radius 1 is 1.25 bits per heavy atom. The summed E-state index contributed by atoms with van der Waals surface area (Å²) in [6.45, 7) is 2.66. The summed E-state index contributed by atoms with van der Waals surface area (Å²) in [7, 11) is -3.45. The maximum Gasteiger partial charge on any atom is 0.270 e. The van der Waals surface area contributed by atoms with E-state index in [1.54, 1.807) is 35.7 Å². The lowest BCUT2D eigenvalue weighted by Gasteiger charge is -2.31. The number of rotatable bonds is 4. The molecule has 2 aromatic rings. The summed E-state index contributed by atoms with van der Waals surface area (Å²) in [5.41, 5.74) is 0.428. The summed E-state index contributed by atoms with van der Waals surface area (Å²) in [6.07, 6.45) is 1.20. The molecular formula is C16H19N3O3S2. The third-order valence-corrected chi connectivity index (χ3v) is 6.71. The van der Waals surface area contributed by atoms with Crippen molar-refractivity contribution in [2.24, 2.45) is 0 Å². The van der Waals surface area contributed by atoms with Crippen LogP contribution in [0.3, 0.4) is 0 Å². The number of hydrogen-bond donors (Lipinski definition) is 1. The molecule has 3 rings (SSSR count). The van der Waals surface area contributed by atoms with Crippen LogP contribution < -0.4 is 5.32 Å². The molecule has 0 saturated carbocycles. The van der Waals surface area contributed by atoms with Crippen molar-refractivity contribution in [3.05, 3.63) is 46.4 Å². The van der Waals surface area contributed by atoms with Gasteiger partial charge in [0.25, 0.3) is 5.91 Å². The molecule has 0 spiro atoms. The van der Waals surface area contributed by atoms with E-state index in [1.165, 1.54) is 15.6 Å². The van der Waals surface area contributed by atoms with Crippen LogP contribution in [-0.2, 0) is 10.0 Å². The van der Waals surface area contributed by atoms with Gasteiger partial charge in [0.1, 0.15) is 5.69 Å². The monoisotopic (exact) mass is 365 g/mol. The number of hydrogen-bond acceptors (Lipinski definition) is 5. The van der Waals surface area contributed by atoms with Crippen LogP contribution >= 0.6 is 11.3 Å².